The van der Waals surface area contributed by atoms with Gasteiger partial charge in [0.15, 0.2) is 11.9 Å². The van der Waals surface area contributed by atoms with Crippen LogP contribution in [-0.4, -0.2) is 34.0 Å². The van der Waals surface area contributed by atoms with Gasteiger partial charge in [-0.05, 0) is 19.9 Å². The summed E-state index contributed by atoms with van der Waals surface area (Å²) in [6.07, 6.45) is 1.73. The highest BCUT2D eigenvalue weighted by molar-refractivity contribution is 6.18. The van der Waals surface area contributed by atoms with E-state index in [1.54, 1.807) is 6.92 Å². The van der Waals surface area contributed by atoms with Crippen LogP contribution < -0.4 is 0 Å². The molecule has 2 atom stereocenters. The van der Waals surface area contributed by atoms with E-state index in [9.17, 15) is 19.8 Å². The molecule has 0 aromatic heterocycles. The van der Waals surface area contributed by atoms with Gasteiger partial charge in [0.1, 0.15) is 11.9 Å². The predicted octanol–water partition coefficient (Wildman–Crippen LogP) is -0.00560. The Bertz CT molecular complexity index is 493. The third kappa shape index (κ3) is 1.55. The quantitative estimate of drug-likeness (QED) is 0.494. The summed E-state index contributed by atoms with van der Waals surface area (Å²) in [6.45, 7) is 2.83. The zero-order valence-corrected chi connectivity index (χ0v) is 9.43. The van der Waals surface area contributed by atoms with Gasteiger partial charge in [-0.3, -0.25) is 9.59 Å². The van der Waals surface area contributed by atoms with Crippen molar-refractivity contribution in [3.8, 4) is 0 Å². The Morgan fingerprint density at radius 3 is 2.76 bits per heavy atom. The number of aliphatic hydroxyl groups is 2. The van der Waals surface area contributed by atoms with Crippen molar-refractivity contribution in [1.82, 2.24) is 0 Å². The second kappa shape index (κ2) is 3.65. The number of ether oxygens (including phenoxy) is 1. The van der Waals surface area contributed by atoms with Crippen LogP contribution in [0.1, 0.15) is 13.8 Å². The number of fused-ring (bicyclic) bond motifs is 1. The Labute approximate surface area is 97.7 Å². The molecule has 1 aliphatic carbocycles. The summed E-state index contributed by atoms with van der Waals surface area (Å²) >= 11 is 0. The molecule has 2 rings (SSSR count). The van der Waals surface area contributed by atoms with Crippen molar-refractivity contribution < 1.29 is 24.5 Å². The van der Waals surface area contributed by atoms with Crippen LogP contribution in [0.15, 0.2) is 34.8 Å². The number of hydrogen-bond acceptors (Lipinski definition) is 5. The fourth-order valence-corrected chi connectivity index (χ4v) is 1.92. The minimum Gasteiger partial charge on any atom is -0.469 e. The van der Waals surface area contributed by atoms with Gasteiger partial charge in [0.05, 0.1) is 11.8 Å². The first-order chi connectivity index (χ1) is 7.89. The molecule has 1 aliphatic heterocycles. The highest BCUT2D eigenvalue weighted by Gasteiger charge is 2.48. The standard InChI is InChI=1S/C12H12O5/c1-6-3-7-8(4-13)10(14)12(2,16)11(15)9(7)5-17-6/h3-5,11,15-16H,1-2H3/t11?,12-/m0/s1. The second-order valence-electron chi connectivity index (χ2n) is 4.27. The van der Waals surface area contributed by atoms with Crippen LogP contribution in [0.5, 0.6) is 0 Å². The third-order valence-electron chi connectivity index (χ3n) is 2.97. The van der Waals surface area contributed by atoms with Crippen molar-refractivity contribution in [2.24, 2.45) is 0 Å². The first-order valence-electron chi connectivity index (χ1n) is 5.09. The summed E-state index contributed by atoms with van der Waals surface area (Å²) in [7, 11) is 0. The first-order valence-corrected chi connectivity index (χ1v) is 5.09. The van der Waals surface area contributed by atoms with Crippen LogP contribution >= 0.6 is 0 Å². The smallest absolute Gasteiger partial charge is 0.200 e. The molecule has 0 amide bonds. The lowest BCUT2D eigenvalue weighted by Crippen LogP contribution is -2.52. The molecular formula is C12H12O5. The second-order valence-corrected chi connectivity index (χ2v) is 4.27. The van der Waals surface area contributed by atoms with Crippen molar-refractivity contribution in [2.45, 2.75) is 25.6 Å². The lowest BCUT2D eigenvalue weighted by atomic mass is 9.75. The summed E-state index contributed by atoms with van der Waals surface area (Å²) in [5, 5.41) is 19.8. The maximum absolute atomic E-state index is 11.9. The summed E-state index contributed by atoms with van der Waals surface area (Å²) in [4.78, 5) is 22.8. The number of aldehydes is 1. The van der Waals surface area contributed by atoms with Crippen LogP contribution in [0.2, 0.25) is 0 Å². The van der Waals surface area contributed by atoms with E-state index in [1.165, 1.54) is 19.3 Å². The summed E-state index contributed by atoms with van der Waals surface area (Å²) < 4.78 is 5.11. The average Bonchev–Trinajstić information content (AvgIpc) is 2.28. The van der Waals surface area contributed by atoms with E-state index < -0.39 is 17.5 Å². The SMILES string of the molecule is CC1=CC2=C(C=O)C(=O)[C@](C)(O)C(O)C2=CO1. The van der Waals surface area contributed by atoms with Gasteiger partial charge < -0.3 is 14.9 Å². The molecule has 90 valence electrons. The number of rotatable bonds is 1. The van der Waals surface area contributed by atoms with E-state index in [-0.39, 0.29) is 11.1 Å². The van der Waals surface area contributed by atoms with Gasteiger partial charge in [-0.25, -0.2) is 0 Å². The van der Waals surface area contributed by atoms with Crippen molar-refractivity contribution in [1.29, 1.82) is 0 Å². The first kappa shape index (κ1) is 11.8. The fraction of sp³-hybridized carbons (Fsp3) is 0.333. The van der Waals surface area contributed by atoms with E-state index in [2.05, 4.69) is 0 Å². The van der Waals surface area contributed by atoms with Gasteiger partial charge in [0.25, 0.3) is 0 Å². The van der Waals surface area contributed by atoms with Gasteiger partial charge >= 0.3 is 0 Å². The van der Waals surface area contributed by atoms with Crippen molar-refractivity contribution >= 4 is 12.1 Å². The van der Waals surface area contributed by atoms with Gasteiger partial charge in [-0.1, -0.05) is 0 Å². The van der Waals surface area contributed by atoms with E-state index in [0.717, 1.165) is 0 Å². The number of carbonyl (C=O) groups excluding carboxylic acids is 2. The molecule has 0 spiro atoms. The summed E-state index contributed by atoms with van der Waals surface area (Å²) in [5.74, 6) is -0.275. The molecule has 17 heavy (non-hydrogen) atoms. The van der Waals surface area contributed by atoms with E-state index in [4.69, 9.17) is 4.74 Å². The predicted molar refractivity (Wildman–Crippen MR) is 57.7 cm³/mol. The molecule has 0 aromatic rings. The molecule has 0 aromatic carbocycles. The van der Waals surface area contributed by atoms with E-state index in [0.29, 0.717) is 17.6 Å². The molecule has 0 saturated carbocycles. The largest absolute Gasteiger partial charge is 0.469 e. The molecule has 0 fully saturated rings. The Morgan fingerprint density at radius 2 is 2.18 bits per heavy atom. The molecule has 1 heterocycles. The molecule has 2 N–H and O–H groups in total. The molecule has 1 unspecified atom stereocenters. The topological polar surface area (TPSA) is 83.8 Å². The Morgan fingerprint density at radius 1 is 1.53 bits per heavy atom. The van der Waals surface area contributed by atoms with Crippen LogP contribution in [0.3, 0.4) is 0 Å². The Kier molecular flexibility index (Phi) is 2.52. The van der Waals surface area contributed by atoms with Gasteiger partial charge in [0.2, 0.25) is 5.78 Å². The number of carbonyl (C=O) groups is 2. The minimum atomic E-state index is -2.01. The third-order valence-corrected chi connectivity index (χ3v) is 2.97. The van der Waals surface area contributed by atoms with Crippen molar-refractivity contribution in [3.05, 3.63) is 34.8 Å². The number of Topliss-reactive ketones (excluding diaryl/α,β-unsaturated/α-hetero) is 1. The van der Waals surface area contributed by atoms with Gasteiger partial charge in [-0.15, -0.1) is 0 Å². The zero-order chi connectivity index (χ0) is 12.8. The monoisotopic (exact) mass is 236 g/mol. The van der Waals surface area contributed by atoms with Crippen molar-refractivity contribution in [2.75, 3.05) is 0 Å². The van der Waals surface area contributed by atoms with Crippen molar-refractivity contribution in [3.63, 3.8) is 0 Å². The number of hydrogen-bond donors (Lipinski definition) is 2. The molecule has 5 heteroatoms. The average molecular weight is 236 g/mol. The lowest BCUT2D eigenvalue weighted by Gasteiger charge is -2.35. The van der Waals surface area contributed by atoms with E-state index in [1.807, 2.05) is 0 Å². The van der Waals surface area contributed by atoms with Gasteiger partial charge in [0, 0.05) is 11.1 Å². The molecule has 5 nitrogen and oxygen atoms in total. The lowest BCUT2D eigenvalue weighted by molar-refractivity contribution is -0.142. The van der Waals surface area contributed by atoms with Crippen LogP contribution in [0.4, 0.5) is 0 Å². The Balaban J connectivity index is 2.69. The number of ketones is 1. The number of aliphatic hydroxyl groups excluding tert-OH is 1. The highest BCUT2D eigenvalue weighted by atomic mass is 16.5. The highest BCUT2D eigenvalue weighted by Crippen LogP contribution is 2.36. The van der Waals surface area contributed by atoms with Crippen LogP contribution in [0, 0.1) is 0 Å². The molecule has 2 aliphatic rings. The summed E-state index contributed by atoms with van der Waals surface area (Å²) in [6, 6.07) is 0. The Hall–Kier alpha value is -1.72. The normalized spacial score (nSPS) is 32.5. The molecule has 0 radical (unpaired) electrons. The zero-order valence-electron chi connectivity index (χ0n) is 9.43. The molecule has 0 bridgehead atoms. The molecular weight excluding hydrogens is 224 g/mol. The molecule has 0 saturated heterocycles. The minimum absolute atomic E-state index is 0.144. The van der Waals surface area contributed by atoms with Crippen LogP contribution in [0.25, 0.3) is 0 Å². The van der Waals surface area contributed by atoms with Gasteiger partial charge in [-0.2, -0.15) is 0 Å². The summed E-state index contributed by atoms with van der Waals surface area (Å²) in [5.41, 5.74) is -1.60. The van der Waals surface area contributed by atoms with E-state index >= 15 is 0 Å². The maximum Gasteiger partial charge on any atom is 0.200 e. The maximum atomic E-state index is 11.9. The fourth-order valence-electron chi connectivity index (χ4n) is 1.92. The number of allylic oxidation sites excluding steroid dienone is 2. The van der Waals surface area contributed by atoms with Crippen LogP contribution in [-0.2, 0) is 14.3 Å².